The van der Waals surface area contributed by atoms with Gasteiger partial charge in [-0.3, -0.25) is 0 Å². The fourth-order valence-corrected chi connectivity index (χ4v) is 4.38. The summed E-state index contributed by atoms with van der Waals surface area (Å²) < 4.78 is 16.7. The van der Waals surface area contributed by atoms with Crippen LogP contribution in [-0.4, -0.2) is 46.4 Å². The van der Waals surface area contributed by atoms with E-state index in [0.717, 1.165) is 38.5 Å². The highest BCUT2D eigenvalue weighted by molar-refractivity contribution is 5.24. The summed E-state index contributed by atoms with van der Waals surface area (Å²) in [5.74, 6) is 0.534. The van der Waals surface area contributed by atoms with Crippen molar-refractivity contribution in [3.8, 4) is 0 Å². The third kappa shape index (κ3) is 4.42. The van der Waals surface area contributed by atoms with Crippen molar-refractivity contribution in [3.63, 3.8) is 0 Å². The van der Waals surface area contributed by atoms with E-state index in [2.05, 4.69) is 66.6 Å². The van der Waals surface area contributed by atoms with Crippen LogP contribution in [0.15, 0.2) is 54.6 Å². The summed E-state index contributed by atoms with van der Waals surface area (Å²) in [5, 5.41) is 12.6. The molecule has 0 unspecified atom stereocenters. The minimum Gasteiger partial charge on any atom is -0.322 e. The summed E-state index contributed by atoms with van der Waals surface area (Å²) in [6, 6.07) is 17.4. The fourth-order valence-electron chi connectivity index (χ4n) is 4.38. The molecule has 0 saturated carbocycles. The Morgan fingerprint density at radius 3 is 2.30 bits per heavy atom. The summed E-state index contributed by atoms with van der Waals surface area (Å²) >= 11 is 0. The number of rotatable bonds is 5. The van der Waals surface area contributed by atoms with Crippen LogP contribution < -0.4 is 9.80 Å². The van der Waals surface area contributed by atoms with E-state index in [4.69, 9.17) is 0 Å². The van der Waals surface area contributed by atoms with Crippen molar-refractivity contribution >= 4 is 0 Å². The summed E-state index contributed by atoms with van der Waals surface area (Å²) in [4.78, 5) is 2.88. The SMILES string of the molecule is CC(C)(C)n1nnnc1[C@H](c1ccccc1F)[NH+]1CC[NH+](Cc2ccccc2)CC1. The maximum atomic E-state index is 14.9. The molecule has 1 saturated heterocycles. The average molecular weight is 411 g/mol. The van der Waals surface area contributed by atoms with Gasteiger partial charge in [0, 0.05) is 5.56 Å². The van der Waals surface area contributed by atoms with Crippen LogP contribution in [0.2, 0.25) is 0 Å². The third-order valence-corrected chi connectivity index (χ3v) is 5.91. The standard InChI is InChI=1S/C23H29FN6/c1-23(2,3)30-22(25-26-27-30)21(19-11-7-8-12-20(19)24)29-15-13-28(14-16-29)17-18-9-5-4-6-10-18/h4-12,21H,13-17H2,1-3H3/p+2/t21-/m0/s1. The lowest BCUT2D eigenvalue weighted by molar-refractivity contribution is -1.03. The molecule has 1 aliphatic heterocycles. The predicted octanol–water partition coefficient (Wildman–Crippen LogP) is 0.640. The van der Waals surface area contributed by atoms with E-state index in [1.807, 2.05) is 16.8 Å². The third-order valence-electron chi connectivity index (χ3n) is 5.91. The Morgan fingerprint density at radius 2 is 1.63 bits per heavy atom. The number of quaternary nitrogens is 2. The highest BCUT2D eigenvalue weighted by atomic mass is 19.1. The average Bonchev–Trinajstić information content (AvgIpc) is 3.22. The highest BCUT2D eigenvalue weighted by Gasteiger charge is 2.38. The van der Waals surface area contributed by atoms with Gasteiger partial charge in [0.25, 0.3) is 0 Å². The lowest BCUT2D eigenvalue weighted by Gasteiger charge is -2.35. The van der Waals surface area contributed by atoms with Crippen LogP contribution in [0.5, 0.6) is 0 Å². The molecule has 158 valence electrons. The molecule has 3 aromatic rings. The maximum absolute atomic E-state index is 14.9. The minimum atomic E-state index is -0.276. The number of hydrogen-bond donors (Lipinski definition) is 2. The monoisotopic (exact) mass is 410 g/mol. The van der Waals surface area contributed by atoms with Gasteiger partial charge in [-0.05, 0) is 43.3 Å². The second-order valence-electron chi connectivity index (χ2n) is 9.14. The van der Waals surface area contributed by atoms with Crippen LogP contribution in [0.25, 0.3) is 0 Å². The van der Waals surface area contributed by atoms with Crippen molar-refractivity contribution in [2.24, 2.45) is 0 Å². The summed E-state index contributed by atoms with van der Waals surface area (Å²) in [5.41, 5.74) is 1.75. The number of aromatic nitrogens is 4. The Morgan fingerprint density at radius 1 is 0.967 bits per heavy atom. The van der Waals surface area contributed by atoms with E-state index in [0.29, 0.717) is 5.56 Å². The molecule has 7 heteroatoms. The minimum absolute atomic E-state index is 0.197. The topological polar surface area (TPSA) is 52.5 Å². The first kappa shape index (κ1) is 20.6. The molecule has 6 nitrogen and oxygen atoms in total. The molecule has 2 N–H and O–H groups in total. The highest BCUT2D eigenvalue weighted by Crippen LogP contribution is 2.24. The summed E-state index contributed by atoms with van der Waals surface area (Å²) in [7, 11) is 0. The number of piperazine rings is 1. The molecule has 0 amide bonds. The van der Waals surface area contributed by atoms with Crippen molar-refractivity contribution in [2.75, 3.05) is 26.2 Å². The van der Waals surface area contributed by atoms with Gasteiger partial charge in [-0.25, -0.2) is 9.07 Å². The number of nitrogens with zero attached hydrogens (tertiary/aromatic N) is 4. The Balaban J connectivity index is 1.59. The number of nitrogens with one attached hydrogen (secondary N) is 2. The zero-order chi connectivity index (χ0) is 21.1. The molecule has 1 fully saturated rings. The number of tetrazole rings is 1. The van der Waals surface area contributed by atoms with Gasteiger partial charge in [0.05, 0.1) is 11.1 Å². The molecule has 1 aliphatic rings. The zero-order valence-electron chi connectivity index (χ0n) is 18.0. The Bertz CT molecular complexity index is 957. The second-order valence-corrected chi connectivity index (χ2v) is 9.14. The van der Waals surface area contributed by atoms with Gasteiger partial charge in [0.1, 0.15) is 38.5 Å². The first-order chi connectivity index (χ1) is 14.4. The predicted molar refractivity (Wildman–Crippen MR) is 113 cm³/mol. The molecule has 0 spiro atoms. The molecular formula is C23H31FN6+2. The van der Waals surface area contributed by atoms with Gasteiger partial charge in [0.2, 0.25) is 5.82 Å². The van der Waals surface area contributed by atoms with Crippen LogP contribution in [0.4, 0.5) is 4.39 Å². The van der Waals surface area contributed by atoms with E-state index in [-0.39, 0.29) is 17.4 Å². The summed E-state index contributed by atoms with van der Waals surface area (Å²) in [6.45, 7) is 11.2. The van der Waals surface area contributed by atoms with Gasteiger partial charge in [-0.2, -0.15) is 0 Å². The number of benzene rings is 2. The molecule has 30 heavy (non-hydrogen) atoms. The molecule has 1 atom stereocenters. The quantitative estimate of drug-likeness (QED) is 0.649. The Hall–Kier alpha value is -2.64. The van der Waals surface area contributed by atoms with Gasteiger partial charge in [-0.15, -0.1) is 5.10 Å². The van der Waals surface area contributed by atoms with Crippen molar-refractivity contribution in [1.82, 2.24) is 20.2 Å². The van der Waals surface area contributed by atoms with E-state index in [1.54, 1.807) is 11.0 Å². The zero-order valence-corrected chi connectivity index (χ0v) is 18.0. The normalized spacial score (nSPS) is 20.8. The van der Waals surface area contributed by atoms with Gasteiger partial charge in [-0.1, -0.05) is 42.5 Å². The van der Waals surface area contributed by atoms with Crippen LogP contribution in [0.1, 0.15) is 43.8 Å². The Kier molecular flexibility index (Phi) is 5.92. The molecule has 2 heterocycles. The lowest BCUT2D eigenvalue weighted by Crippen LogP contribution is -3.27. The molecule has 4 rings (SSSR count). The molecule has 0 aliphatic carbocycles. The molecule has 0 bridgehead atoms. The molecular weight excluding hydrogens is 379 g/mol. The molecule has 1 aromatic heterocycles. The smallest absolute Gasteiger partial charge is 0.214 e. The van der Waals surface area contributed by atoms with E-state index in [9.17, 15) is 4.39 Å². The van der Waals surface area contributed by atoms with E-state index >= 15 is 0 Å². The molecule has 2 aromatic carbocycles. The largest absolute Gasteiger partial charge is 0.322 e. The number of hydrogen-bond acceptors (Lipinski definition) is 3. The van der Waals surface area contributed by atoms with Crippen LogP contribution in [-0.2, 0) is 12.1 Å². The summed E-state index contributed by atoms with van der Waals surface area (Å²) in [6.07, 6.45) is 0. The van der Waals surface area contributed by atoms with Crippen molar-refractivity contribution < 1.29 is 14.2 Å². The van der Waals surface area contributed by atoms with E-state index < -0.39 is 0 Å². The fraction of sp³-hybridized carbons (Fsp3) is 0.435. The second kappa shape index (κ2) is 8.62. The van der Waals surface area contributed by atoms with Crippen molar-refractivity contribution in [1.29, 1.82) is 0 Å². The van der Waals surface area contributed by atoms with E-state index in [1.165, 1.54) is 16.5 Å². The maximum Gasteiger partial charge on any atom is 0.214 e. The molecule has 0 radical (unpaired) electrons. The Labute approximate surface area is 177 Å². The van der Waals surface area contributed by atoms with Gasteiger partial charge >= 0.3 is 0 Å². The van der Waals surface area contributed by atoms with Crippen molar-refractivity contribution in [2.45, 2.75) is 38.9 Å². The first-order valence-electron chi connectivity index (χ1n) is 10.7. The lowest BCUT2D eigenvalue weighted by atomic mass is 10.0. The van der Waals surface area contributed by atoms with Gasteiger partial charge in [0.15, 0.2) is 6.04 Å². The first-order valence-corrected chi connectivity index (χ1v) is 10.7. The van der Waals surface area contributed by atoms with Crippen molar-refractivity contribution in [3.05, 3.63) is 77.4 Å². The number of halogens is 1. The van der Waals surface area contributed by atoms with Crippen LogP contribution in [0.3, 0.4) is 0 Å². The van der Waals surface area contributed by atoms with Gasteiger partial charge < -0.3 is 9.80 Å². The van der Waals surface area contributed by atoms with Crippen LogP contribution >= 0.6 is 0 Å². The van der Waals surface area contributed by atoms with Crippen LogP contribution in [0, 0.1) is 5.82 Å².